The van der Waals surface area contributed by atoms with Gasteiger partial charge in [-0.15, -0.1) is 11.3 Å². The van der Waals surface area contributed by atoms with Gasteiger partial charge in [-0.05, 0) is 37.2 Å². The van der Waals surface area contributed by atoms with Crippen LogP contribution < -0.4 is 0 Å². The van der Waals surface area contributed by atoms with E-state index in [1.54, 1.807) is 10.3 Å². The summed E-state index contributed by atoms with van der Waals surface area (Å²) in [6.45, 7) is 2.86. The summed E-state index contributed by atoms with van der Waals surface area (Å²) in [5.74, 6) is -0.810. The van der Waals surface area contributed by atoms with Crippen molar-refractivity contribution in [2.45, 2.75) is 19.8 Å². The van der Waals surface area contributed by atoms with Crippen LogP contribution in [0.15, 0.2) is 29.6 Å². The van der Waals surface area contributed by atoms with Gasteiger partial charge >= 0.3 is 5.97 Å². The number of likely N-dealkylation sites (tertiary alicyclic amines) is 1. The zero-order valence-electron chi connectivity index (χ0n) is 14.0. The molecule has 2 aromatic rings. The van der Waals surface area contributed by atoms with Crippen molar-refractivity contribution in [3.8, 4) is 10.6 Å². The van der Waals surface area contributed by atoms with Crippen LogP contribution in [0.4, 0.5) is 0 Å². The quantitative estimate of drug-likeness (QED) is 0.912. The Morgan fingerprint density at radius 2 is 2.00 bits per heavy atom. The Morgan fingerprint density at radius 1 is 1.24 bits per heavy atom. The number of thiazole rings is 1. The van der Waals surface area contributed by atoms with Crippen LogP contribution in [0.5, 0.6) is 0 Å². The van der Waals surface area contributed by atoms with Gasteiger partial charge in [0.1, 0.15) is 10.7 Å². The van der Waals surface area contributed by atoms with E-state index in [4.69, 9.17) is 0 Å². The lowest BCUT2D eigenvalue weighted by Gasteiger charge is -2.14. The molecule has 25 heavy (non-hydrogen) atoms. The number of nitrogens with zero attached hydrogens (tertiary/aromatic N) is 2. The Kier molecular flexibility index (Phi) is 4.07. The first-order chi connectivity index (χ1) is 12.0. The molecule has 1 N–H and O–H groups in total. The molecule has 0 unspecified atom stereocenters. The first-order valence-corrected chi connectivity index (χ1v) is 9.46. The van der Waals surface area contributed by atoms with E-state index in [9.17, 15) is 14.7 Å². The van der Waals surface area contributed by atoms with Crippen molar-refractivity contribution >= 4 is 23.2 Å². The maximum absolute atomic E-state index is 12.8. The highest BCUT2D eigenvalue weighted by Crippen LogP contribution is 2.44. The van der Waals surface area contributed by atoms with Crippen LogP contribution in [-0.2, 0) is 4.79 Å². The number of aliphatic carboxylic acids is 1. The normalized spacial score (nSPS) is 23.0. The van der Waals surface area contributed by atoms with Gasteiger partial charge in [-0.1, -0.05) is 24.3 Å². The minimum atomic E-state index is -0.786. The molecule has 2 atom stereocenters. The van der Waals surface area contributed by atoms with Gasteiger partial charge in [-0.3, -0.25) is 9.59 Å². The molecule has 1 amide bonds. The standard InChI is InChI=1S/C19H20N2O3S/c1-11-4-2-3-5-13(11)17-20-16(10-25-17)18(22)21-8-14(12-6-7-12)15(9-21)19(23)24/h2-5,10,12,14-15H,6-9H2,1H3,(H,23,24)/t14-,15+/m1/s1. The number of hydrogen-bond donors (Lipinski definition) is 1. The minimum absolute atomic E-state index is 0.0934. The van der Waals surface area contributed by atoms with E-state index < -0.39 is 11.9 Å². The molecule has 1 aromatic carbocycles. The molecule has 2 aliphatic rings. The van der Waals surface area contributed by atoms with Crippen molar-refractivity contribution in [1.29, 1.82) is 0 Å². The maximum atomic E-state index is 12.8. The number of carboxylic acids is 1. The van der Waals surface area contributed by atoms with Crippen molar-refractivity contribution in [3.63, 3.8) is 0 Å². The van der Waals surface area contributed by atoms with E-state index >= 15 is 0 Å². The number of carbonyl (C=O) groups is 2. The smallest absolute Gasteiger partial charge is 0.308 e. The van der Waals surface area contributed by atoms with Crippen molar-refractivity contribution in [1.82, 2.24) is 9.88 Å². The molecule has 130 valence electrons. The molecule has 4 rings (SSSR count). The Morgan fingerprint density at radius 3 is 2.68 bits per heavy atom. The number of amides is 1. The Labute approximate surface area is 150 Å². The summed E-state index contributed by atoms with van der Waals surface area (Å²) >= 11 is 1.46. The SMILES string of the molecule is Cc1ccccc1-c1nc(C(=O)N2C[C@H](C(=O)O)[C@@H](C3CC3)C2)cs1. The molecule has 1 saturated carbocycles. The van der Waals surface area contributed by atoms with E-state index in [1.807, 2.05) is 31.2 Å². The number of hydrogen-bond acceptors (Lipinski definition) is 4. The van der Waals surface area contributed by atoms with Gasteiger partial charge in [0.25, 0.3) is 5.91 Å². The topological polar surface area (TPSA) is 70.5 Å². The molecular weight excluding hydrogens is 336 g/mol. The second kappa shape index (κ2) is 6.26. The highest BCUT2D eigenvalue weighted by molar-refractivity contribution is 7.13. The minimum Gasteiger partial charge on any atom is -0.481 e. The first-order valence-electron chi connectivity index (χ1n) is 8.58. The summed E-state index contributed by atoms with van der Waals surface area (Å²) in [4.78, 5) is 30.5. The van der Waals surface area contributed by atoms with Crippen molar-refractivity contribution in [2.24, 2.45) is 17.8 Å². The summed E-state index contributed by atoms with van der Waals surface area (Å²) in [5.41, 5.74) is 2.58. The molecule has 1 saturated heterocycles. The Hall–Kier alpha value is -2.21. The average Bonchev–Trinajstić information content (AvgIpc) is 3.16. The third kappa shape index (κ3) is 3.06. The van der Waals surface area contributed by atoms with Crippen LogP contribution in [0.1, 0.15) is 28.9 Å². The molecule has 0 radical (unpaired) electrons. The van der Waals surface area contributed by atoms with E-state index in [-0.39, 0.29) is 11.8 Å². The predicted octanol–water partition coefficient (Wildman–Crippen LogP) is 3.30. The highest BCUT2D eigenvalue weighted by Gasteiger charge is 2.47. The lowest BCUT2D eigenvalue weighted by molar-refractivity contribution is -0.142. The molecule has 2 heterocycles. The molecule has 5 nitrogen and oxygen atoms in total. The van der Waals surface area contributed by atoms with Crippen LogP contribution in [0.25, 0.3) is 10.6 Å². The van der Waals surface area contributed by atoms with Gasteiger partial charge in [0, 0.05) is 24.0 Å². The number of carboxylic acid groups (broad SMARTS) is 1. The van der Waals surface area contributed by atoms with Crippen LogP contribution in [0.2, 0.25) is 0 Å². The van der Waals surface area contributed by atoms with Gasteiger partial charge in [0.05, 0.1) is 5.92 Å². The number of carbonyl (C=O) groups excluding carboxylic acids is 1. The van der Waals surface area contributed by atoms with Gasteiger partial charge in [-0.25, -0.2) is 4.98 Å². The first kappa shape index (κ1) is 16.3. The fraction of sp³-hybridized carbons (Fsp3) is 0.421. The van der Waals surface area contributed by atoms with E-state index in [0.29, 0.717) is 24.7 Å². The molecule has 1 aliphatic carbocycles. The summed E-state index contributed by atoms with van der Waals surface area (Å²) in [5, 5.41) is 12.1. The van der Waals surface area contributed by atoms with Gasteiger partial charge < -0.3 is 10.0 Å². The lowest BCUT2D eigenvalue weighted by atomic mass is 9.92. The third-order valence-electron chi connectivity index (χ3n) is 5.30. The number of rotatable bonds is 4. The zero-order chi connectivity index (χ0) is 17.6. The highest BCUT2D eigenvalue weighted by atomic mass is 32.1. The molecule has 1 aromatic heterocycles. The fourth-order valence-electron chi connectivity index (χ4n) is 3.73. The number of aryl methyl sites for hydroxylation is 1. The van der Waals surface area contributed by atoms with E-state index in [2.05, 4.69) is 4.98 Å². The summed E-state index contributed by atoms with van der Waals surface area (Å²) in [7, 11) is 0. The largest absolute Gasteiger partial charge is 0.481 e. The van der Waals surface area contributed by atoms with Crippen molar-refractivity contribution in [2.75, 3.05) is 13.1 Å². The molecule has 2 fully saturated rings. The summed E-state index contributed by atoms with van der Waals surface area (Å²) in [6.07, 6.45) is 2.18. The van der Waals surface area contributed by atoms with E-state index in [0.717, 1.165) is 29.0 Å². The third-order valence-corrected chi connectivity index (χ3v) is 6.17. The second-order valence-corrected chi connectivity index (χ2v) is 7.87. The van der Waals surface area contributed by atoms with Crippen molar-refractivity contribution < 1.29 is 14.7 Å². The van der Waals surface area contributed by atoms with Crippen LogP contribution in [0.3, 0.4) is 0 Å². The van der Waals surface area contributed by atoms with Gasteiger partial charge in [0.2, 0.25) is 0 Å². The molecule has 1 aliphatic heterocycles. The zero-order valence-corrected chi connectivity index (χ0v) is 14.8. The molecule has 0 bridgehead atoms. The molecular formula is C19H20N2O3S. The fourth-order valence-corrected chi connectivity index (χ4v) is 4.61. The number of aromatic nitrogens is 1. The lowest BCUT2D eigenvalue weighted by Crippen LogP contribution is -2.30. The number of benzene rings is 1. The molecule has 6 heteroatoms. The van der Waals surface area contributed by atoms with Gasteiger partial charge in [-0.2, -0.15) is 0 Å². The summed E-state index contributed by atoms with van der Waals surface area (Å²) < 4.78 is 0. The maximum Gasteiger partial charge on any atom is 0.308 e. The predicted molar refractivity (Wildman–Crippen MR) is 95.5 cm³/mol. The monoisotopic (exact) mass is 356 g/mol. The Bertz CT molecular complexity index is 828. The summed E-state index contributed by atoms with van der Waals surface area (Å²) in [6, 6.07) is 7.97. The van der Waals surface area contributed by atoms with Crippen LogP contribution >= 0.6 is 11.3 Å². The van der Waals surface area contributed by atoms with Crippen molar-refractivity contribution in [3.05, 3.63) is 40.9 Å². The second-order valence-electron chi connectivity index (χ2n) is 7.01. The van der Waals surface area contributed by atoms with Gasteiger partial charge in [0.15, 0.2) is 0 Å². The van der Waals surface area contributed by atoms with Crippen LogP contribution in [0, 0.1) is 24.7 Å². The Balaban J connectivity index is 1.54. The van der Waals surface area contributed by atoms with Crippen LogP contribution in [-0.4, -0.2) is 40.0 Å². The van der Waals surface area contributed by atoms with E-state index in [1.165, 1.54) is 11.3 Å². The average molecular weight is 356 g/mol. The molecule has 0 spiro atoms.